The second-order valence-electron chi connectivity index (χ2n) is 0.594. The Labute approximate surface area is 41.5 Å². The molecule has 0 aromatic heterocycles. The molecular weight excluding hydrogens is 124 g/mol. The van der Waals surface area contributed by atoms with E-state index in [9.17, 15) is 12.3 Å². The van der Waals surface area contributed by atoms with Crippen LogP contribution < -0.4 is 5.39 Å². The monoisotopic (exact) mass is 125 g/mol. The van der Waals surface area contributed by atoms with Gasteiger partial charge in [-0.1, -0.05) is 3.89 Å². The summed E-state index contributed by atoms with van der Waals surface area (Å²) in [5.74, 6) is 0. The molecule has 0 aliphatic carbocycles. The summed E-state index contributed by atoms with van der Waals surface area (Å²) in [5.41, 5.74) is 0. The zero-order chi connectivity index (χ0) is 5.91. The molecule has 0 unspecified atom stereocenters. The van der Waals surface area contributed by atoms with E-state index in [-0.39, 0.29) is 0 Å². The summed E-state index contributed by atoms with van der Waals surface area (Å²) < 4.78 is 32.5. The highest BCUT2D eigenvalue weighted by atomic mass is 32.3. The molecule has 0 heterocycles. The molecule has 0 rings (SSSR count). The second-order valence-corrected chi connectivity index (χ2v) is 1.55. The lowest BCUT2D eigenvalue weighted by atomic mass is 10.5. The Kier molecular flexibility index (Phi) is 2.20. The highest BCUT2D eigenvalue weighted by Crippen LogP contribution is 1.85. The van der Waals surface area contributed by atoms with E-state index in [0.717, 1.165) is 5.39 Å². The molecule has 0 atom stereocenters. The van der Waals surface area contributed by atoms with Crippen molar-refractivity contribution in [2.45, 2.75) is 0 Å². The fourth-order valence-corrected chi connectivity index (χ4v) is 0.172. The third kappa shape index (κ3) is 5.86. The van der Waals surface area contributed by atoms with Crippen molar-refractivity contribution in [1.29, 1.82) is 0 Å². The molecule has 7 heavy (non-hydrogen) atoms. The molecule has 0 saturated carbocycles. The van der Waals surface area contributed by atoms with Crippen molar-refractivity contribution < 1.29 is 16.6 Å². The predicted molar refractivity (Wildman–Crippen MR) is 20.0 cm³/mol. The van der Waals surface area contributed by atoms with Gasteiger partial charge in [0.25, 0.3) is 0 Å². The molecule has 0 aliphatic rings. The van der Waals surface area contributed by atoms with Crippen LogP contribution >= 0.6 is 0 Å². The van der Waals surface area contributed by atoms with E-state index in [1.807, 2.05) is 0 Å². The third-order valence-electron chi connectivity index (χ3n) is 0.148. The molecule has 0 saturated heterocycles. The van der Waals surface area contributed by atoms with Crippen molar-refractivity contribution in [3.63, 3.8) is 0 Å². The summed E-state index contributed by atoms with van der Waals surface area (Å²) in [6, 6.07) is 0. The highest BCUT2D eigenvalue weighted by Gasteiger charge is 2.02. The van der Waals surface area contributed by atoms with Crippen LogP contribution in [-0.2, 0) is 14.8 Å². The van der Waals surface area contributed by atoms with Crippen molar-refractivity contribution in [3.05, 3.63) is 0 Å². The van der Waals surface area contributed by atoms with Crippen LogP contribution in [0.25, 0.3) is 0 Å². The van der Waals surface area contributed by atoms with Crippen LogP contribution in [0.15, 0.2) is 0 Å². The zero-order valence-electron chi connectivity index (χ0n) is 3.09. The summed E-state index contributed by atoms with van der Waals surface area (Å²) in [4.78, 5) is 0. The van der Waals surface area contributed by atoms with Gasteiger partial charge >= 0.3 is 10.5 Å². The second kappa shape index (κ2) is 2.24. The van der Waals surface area contributed by atoms with Gasteiger partial charge in [0.15, 0.2) is 0 Å². The van der Waals surface area contributed by atoms with E-state index in [1.54, 1.807) is 0 Å². The van der Waals surface area contributed by atoms with Gasteiger partial charge < -0.3 is 0 Å². The van der Waals surface area contributed by atoms with Crippen LogP contribution in [0.4, 0.5) is 3.89 Å². The quantitative estimate of drug-likeness (QED) is 0.286. The smallest absolute Gasteiger partial charge is 0.238 e. The largest absolute Gasteiger partial charge is 0.452 e. The van der Waals surface area contributed by atoms with E-state index in [4.69, 9.17) is 0 Å². The summed E-state index contributed by atoms with van der Waals surface area (Å²) >= 11 is 0. The number of rotatable bonds is 2. The third-order valence-corrected chi connectivity index (χ3v) is 0.443. The van der Waals surface area contributed by atoms with Crippen LogP contribution in [0.2, 0.25) is 0 Å². The van der Waals surface area contributed by atoms with Crippen LogP contribution in [0.3, 0.4) is 0 Å². The molecule has 4 nitrogen and oxygen atoms in total. The lowest BCUT2D eigenvalue weighted by Gasteiger charge is -1.87. The number of nitrogens with one attached hydrogen (secondary N) is 1. The standard InChI is InChI=1S/BFHNO3S/c1-3-6-7(2,4)5/h3H. The Bertz CT molecular complexity index is 128. The van der Waals surface area contributed by atoms with Crippen molar-refractivity contribution in [2.24, 2.45) is 0 Å². The maximum atomic E-state index is 11.0. The van der Waals surface area contributed by atoms with Gasteiger partial charge in [-0.15, -0.1) is 0 Å². The summed E-state index contributed by atoms with van der Waals surface area (Å²) in [6.07, 6.45) is 0. The van der Waals surface area contributed by atoms with Crippen molar-refractivity contribution in [1.82, 2.24) is 5.39 Å². The molecule has 0 aromatic rings. The average molecular weight is 125 g/mol. The van der Waals surface area contributed by atoms with Crippen molar-refractivity contribution in [2.75, 3.05) is 0 Å². The van der Waals surface area contributed by atoms with E-state index in [0.29, 0.717) is 0 Å². The molecule has 0 amide bonds. The van der Waals surface area contributed by atoms with Crippen LogP contribution in [0, 0.1) is 0 Å². The SMILES string of the molecule is [B]NOS(=O)(=O)F. The van der Waals surface area contributed by atoms with E-state index < -0.39 is 10.5 Å². The predicted octanol–water partition coefficient (Wildman–Crippen LogP) is -1.19. The molecule has 0 spiro atoms. The van der Waals surface area contributed by atoms with Gasteiger partial charge in [-0.2, -0.15) is 12.7 Å². The van der Waals surface area contributed by atoms with E-state index in [2.05, 4.69) is 12.3 Å². The van der Waals surface area contributed by atoms with Gasteiger partial charge in [0.05, 0.1) is 0 Å². The Morgan fingerprint density at radius 3 is 2.14 bits per heavy atom. The lowest BCUT2D eigenvalue weighted by Crippen LogP contribution is -2.12. The van der Waals surface area contributed by atoms with Gasteiger partial charge in [-0.05, 0) is 0 Å². The maximum Gasteiger partial charge on any atom is 0.452 e. The average Bonchev–Trinajstić information content (AvgIpc) is 1.30. The first-order valence-corrected chi connectivity index (χ1v) is 2.46. The number of halogens is 1. The molecule has 1 N–H and O–H groups in total. The van der Waals surface area contributed by atoms with Crippen LogP contribution in [0.1, 0.15) is 0 Å². The van der Waals surface area contributed by atoms with Crippen molar-refractivity contribution >= 4 is 18.5 Å². The minimum absolute atomic E-state index is 1.14. The van der Waals surface area contributed by atoms with Gasteiger partial charge in [-0.3, -0.25) is 0 Å². The Balaban J connectivity index is 3.60. The van der Waals surface area contributed by atoms with Crippen molar-refractivity contribution in [3.8, 4) is 0 Å². The van der Waals surface area contributed by atoms with Gasteiger partial charge in [0, 0.05) is 0 Å². The molecule has 0 aliphatic heterocycles. The Morgan fingerprint density at radius 1 is 1.71 bits per heavy atom. The Hall–Kier alpha value is -0.135. The van der Waals surface area contributed by atoms with E-state index >= 15 is 0 Å². The van der Waals surface area contributed by atoms with Gasteiger partial charge in [0.1, 0.15) is 0 Å². The highest BCUT2D eigenvalue weighted by molar-refractivity contribution is 7.81. The minimum atomic E-state index is -4.91. The Morgan fingerprint density at radius 2 is 2.14 bits per heavy atom. The number of hydrogen-bond acceptors (Lipinski definition) is 4. The van der Waals surface area contributed by atoms with Gasteiger partial charge in [-0.25, -0.2) is 5.39 Å². The minimum Gasteiger partial charge on any atom is -0.238 e. The topological polar surface area (TPSA) is 55.4 Å². The molecular formula is HBFNO3S. The summed E-state index contributed by atoms with van der Waals surface area (Å²) in [5, 5.41) is 1.14. The van der Waals surface area contributed by atoms with Crippen LogP contribution in [-0.4, -0.2) is 16.4 Å². The van der Waals surface area contributed by atoms with Crippen LogP contribution in [0.5, 0.6) is 0 Å². The molecule has 2 radical (unpaired) electrons. The first-order valence-electron chi connectivity index (χ1n) is 1.15. The van der Waals surface area contributed by atoms with E-state index in [1.165, 1.54) is 0 Å². The fraction of sp³-hybridized carbons (Fsp3) is 0. The summed E-state index contributed by atoms with van der Waals surface area (Å²) in [6.45, 7) is 0. The first kappa shape index (κ1) is 6.86. The first-order chi connectivity index (χ1) is 3.06. The molecule has 0 aromatic carbocycles. The maximum absolute atomic E-state index is 11.0. The molecule has 0 fully saturated rings. The lowest BCUT2D eigenvalue weighted by molar-refractivity contribution is 0.259. The number of hydrogen-bond donors (Lipinski definition) is 1. The zero-order valence-corrected chi connectivity index (χ0v) is 3.90. The van der Waals surface area contributed by atoms with Gasteiger partial charge in [0.2, 0.25) is 7.98 Å². The molecule has 0 bridgehead atoms. The normalized spacial score (nSPS) is 11.6. The molecule has 40 valence electrons. The molecule has 7 heteroatoms. The summed E-state index contributed by atoms with van der Waals surface area (Å²) in [7, 11) is -0.687. The fourth-order valence-electron chi connectivity index (χ4n) is 0.0575.